The summed E-state index contributed by atoms with van der Waals surface area (Å²) < 4.78 is 6.23. The fourth-order valence-electron chi connectivity index (χ4n) is 4.10. The Morgan fingerprint density at radius 2 is 1.66 bits per heavy atom. The smallest absolute Gasteiger partial charge is 0.411 e. The maximum absolute atomic E-state index is 12.6. The third kappa shape index (κ3) is 5.46. The molecule has 4 rings (SSSR count). The summed E-state index contributed by atoms with van der Waals surface area (Å²) in [5.74, 6) is 0.327. The zero-order valence-electron chi connectivity index (χ0n) is 18.5. The van der Waals surface area contributed by atoms with Crippen LogP contribution in [0.4, 0.5) is 10.5 Å². The van der Waals surface area contributed by atoms with Crippen LogP contribution >= 0.6 is 22.6 Å². The average Bonchev–Trinajstić information content (AvgIpc) is 3.15. The first-order valence-electron chi connectivity index (χ1n) is 10.8. The molecule has 35 heavy (non-hydrogen) atoms. The number of nitrogens with one attached hydrogen (secondary N) is 2. The van der Waals surface area contributed by atoms with E-state index in [1.165, 1.54) is 6.07 Å². The number of carbonyl (C=O) groups is 3. The standard InChI is InChI=1S/C27H21IN2O5/c1-2-7-24(26(32)33)30-25(31)16-12-17(28)14-18(13-16)29-27(34)35-15-23-21-10-5-3-8-19(21)20-9-4-6-11-22(20)23/h1,3-6,8-14,23-24H,7,15H2,(H,29,34)(H,30,31)(H,32,33). The van der Waals surface area contributed by atoms with Crippen molar-refractivity contribution in [2.45, 2.75) is 18.4 Å². The van der Waals surface area contributed by atoms with Crippen LogP contribution < -0.4 is 10.6 Å². The van der Waals surface area contributed by atoms with Gasteiger partial charge in [0, 0.05) is 27.2 Å². The molecule has 0 saturated heterocycles. The molecule has 3 N–H and O–H groups in total. The molecule has 1 aliphatic carbocycles. The third-order valence-corrected chi connectivity index (χ3v) is 6.30. The quantitative estimate of drug-likeness (QED) is 0.274. The first-order valence-corrected chi connectivity index (χ1v) is 11.8. The van der Waals surface area contributed by atoms with Gasteiger partial charge in [-0.25, -0.2) is 9.59 Å². The molecule has 1 aliphatic rings. The maximum Gasteiger partial charge on any atom is 0.411 e. The highest BCUT2D eigenvalue weighted by molar-refractivity contribution is 14.1. The molecule has 0 heterocycles. The van der Waals surface area contributed by atoms with Crippen LogP contribution in [0.5, 0.6) is 0 Å². The van der Waals surface area contributed by atoms with Crippen molar-refractivity contribution in [1.82, 2.24) is 5.32 Å². The van der Waals surface area contributed by atoms with Crippen molar-refractivity contribution in [2.24, 2.45) is 0 Å². The number of carboxylic acids is 1. The second-order valence-corrected chi connectivity index (χ2v) is 9.20. The predicted molar refractivity (Wildman–Crippen MR) is 140 cm³/mol. The average molecular weight is 580 g/mol. The number of benzene rings is 3. The Morgan fingerprint density at radius 1 is 1.03 bits per heavy atom. The van der Waals surface area contributed by atoms with Gasteiger partial charge in [-0.05, 0) is 63.0 Å². The van der Waals surface area contributed by atoms with Gasteiger partial charge in [-0.15, -0.1) is 12.3 Å². The second kappa shape index (κ2) is 10.6. The van der Waals surface area contributed by atoms with E-state index in [0.717, 1.165) is 22.3 Å². The van der Waals surface area contributed by atoms with Gasteiger partial charge >= 0.3 is 12.1 Å². The van der Waals surface area contributed by atoms with Crippen LogP contribution in [-0.2, 0) is 9.53 Å². The van der Waals surface area contributed by atoms with Gasteiger partial charge in [-0.1, -0.05) is 48.5 Å². The van der Waals surface area contributed by atoms with Crippen LogP contribution in [0.2, 0.25) is 0 Å². The Kier molecular flexibility index (Phi) is 7.36. The molecule has 176 valence electrons. The van der Waals surface area contributed by atoms with Crippen LogP contribution in [0, 0.1) is 15.9 Å². The zero-order valence-corrected chi connectivity index (χ0v) is 20.6. The van der Waals surface area contributed by atoms with Crippen LogP contribution in [0.25, 0.3) is 11.1 Å². The van der Waals surface area contributed by atoms with E-state index >= 15 is 0 Å². The molecule has 3 aromatic carbocycles. The number of fused-ring (bicyclic) bond motifs is 3. The molecule has 0 fully saturated rings. The molecule has 0 radical (unpaired) electrons. The number of terminal acetylenes is 1. The molecule has 7 nitrogen and oxygen atoms in total. The first kappa shape index (κ1) is 24.3. The molecule has 1 unspecified atom stereocenters. The van der Waals surface area contributed by atoms with Gasteiger partial charge in [0.25, 0.3) is 5.91 Å². The van der Waals surface area contributed by atoms with Crippen LogP contribution in [-0.4, -0.2) is 35.7 Å². The van der Waals surface area contributed by atoms with Gasteiger partial charge in [-0.2, -0.15) is 0 Å². The molecule has 0 bridgehead atoms. The third-order valence-electron chi connectivity index (χ3n) is 5.68. The Bertz CT molecular complexity index is 1300. The lowest BCUT2D eigenvalue weighted by atomic mass is 9.98. The number of rotatable bonds is 7. The summed E-state index contributed by atoms with van der Waals surface area (Å²) in [6.07, 6.45) is 4.38. The van der Waals surface area contributed by atoms with Gasteiger partial charge in [0.15, 0.2) is 0 Å². The summed E-state index contributed by atoms with van der Waals surface area (Å²) in [7, 11) is 0. The Balaban J connectivity index is 1.44. The molecular weight excluding hydrogens is 559 g/mol. The topological polar surface area (TPSA) is 105 Å². The highest BCUT2D eigenvalue weighted by Gasteiger charge is 2.29. The van der Waals surface area contributed by atoms with Crippen molar-refractivity contribution in [2.75, 3.05) is 11.9 Å². The van der Waals surface area contributed by atoms with Crippen molar-refractivity contribution >= 4 is 46.2 Å². The van der Waals surface area contributed by atoms with E-state index in [0.29, 0.717) is 9.26 Å². The minimum atomic E-state index is -1.22. The lowest BCUT2D eigenvalue weighted by Crippen LogP contribution is -2.40. The van der Waals surface area contributed by atoms with E-state index in [4.69, 9.17) is 11.2 Å². The number of carboxylic acid groups (broad SMARTS) is 1. The van der Waals surface area contributed by atoms with Crippen LogP contribution in [0.1, 0.15) is 33.8 Å². The summed E-state index contributed by atoms with van der Waals surface area (Å²) in [4.78, 5) is 36.5. The SMILES string of the molecule is C#CCC(NC(=O)c1cc(I)cc(NC(=O)OCC2c3ccccc3-c3ccccc32)c1)C(=O)O. The number of ether oxygens (including phenoxy) is 1. The summed E-state index contributed by atoms with van der Waals surface area (Å²) >= 11 is 2.01. The fraction of sp³-hybridized carbons (Fsp3) is 0.148. The predicted octanol–water partition coefficient (Wildman–Crippen LogP) is 4.86. The van der Waals surface area contributed by atoms with Crippen molar-refractivity contribution in [3.05, 3.63) is 87.0 Å². The lowest BCUT2D eigenvalue weighted by Gasteiger charge is -2.15. The number of hydrogen-bond donors (Lipinski definition) is 3. The number of carbonyl (C=O) groups excluding carboxylic acids is 2. The number of amides is 2. The number of halogens is 1. The summed E-state index contributed by atoms with van der Waals surface area (Å²) in [5.41, 5.74) is 5.02. The highest BCUT2D eigenvalue weighted by atomic mass is 127. The van der Waals surface area contributed by atoms with Gasteiger partial charge in [0.1, 0.15) is 12.6 Å². The van der Waals surface area contributed by atoms with Gasteiger partial charge in [0.2, 0.25) is 0 Å². The molecule has 0 spiro atoms. The lowest BCUT2D eigenvalue weighted by molar-refractivity contribution is -0.139. The van der Waals surface area contributed by atoms with Gasteiger partial charge in [-0.3, -0.25) is 10.1 Å². The molecule has 1 atom stereocenters. The maximum atomic E-state index is 12.6. The molecule has 0 aliphatic heterocycles. The minimum Gasteiger partial charge on any atom is -0.480 e. The highest BCUT2D eigenvalue weighted by Crippen LogP contribution is 2.44. The number of aliphatic carboxylic acids is 1. The molecule has 0 saturated carbocycles. The van der Waals surface area contributed by atoms with E-state index in [1.807, 2.05) is 59.0 Å². The Labute approximate surface area is 216 Å². The minimum absolute atomic E-state index is 0.0745. The normalized spacial score (nSPS) is 12.6. The largest absolute Gasteiger partial charge is 0.480 e. The monoisotopic (exact) mass is 580 g/mol. The van der Waals surface area contributed by atoms with Gasteiger partial charge < -0.3 is 15.2 Å². The summed E-state index contributed by atoms with van der Waals surface area (Å²) in [5, 5.41) is 14.3. The van der Waals surface area contributed by atoms with Crippen molar-refractivity contribution < 1.29 is 24.2 Å². The molecule has 0 aromatic heterocycles. The van der Waals surface area contributed by atoms with E-state index in [9.17, 15) is 19.5 Å². The van der Waals surface area contributed by atoms with E-state index in [-0.39, 0.29) is 24.5 Å². The first-order chi connectivity index (χ1) is 16.9. The van der Waals surface area contributed by atoms with Crippen molar-refractivity contribution in [1.29, 1.82) is 0 Å². The fourth-order valence-corrected chi connectivity index (χ4v) is 4.78. The summed E-state index contributed by atoms with van der Waals surface area (Å²) in [6.45, 7) is 0.156. The van der Waals surface area contributed by atoms with E-state index in [1.54, 1.807) is 12.1 Å². The Morgan fingerprint density at radius 3 is 2.26 bits per heavy atom. The van der Waals surface area contributed by atoms with E-state index in [2.05, 4.69) is 28.7 Å². The van der Waals surface area contributed by atoms with Crippen molar-refractivity contribution in [3.63, 3.8) is 0 Å². The molecule has 2 amide bonds. The zero-order chi connectivity index (χ0) is 24.9. The van der Waals surface area contributed by atoms with Crippen LogP contribution in [0.15, 0.2) is 66.7 Å². The van der Waals surface area contributed by atoms with E-state index < -0.39 is 24.0 Å². The van der Waals surface area contributed by atoms with Crippen molar-refractivity contribution in [3.8, 4) is 23.5 Å². The molecular formula is C27H21IN2O5. The Hall–Kier alpha value is -3.84. The molecule has 8 heteroatoms. The second-order valence-electron chi connectivity index (χ2n) is 7.95. The molecule has 3 aromatic rings. The summed E-state index contributed by atoms with van der Waals surface area (Å²) in [6, 6.07) is 19.6. The number of anilines is 1. The number of hydrogen-bond acceptors (Lipinski definition) is 4. The van der Waals surface area contributed by atoms with Gasteiger partial charge in [0.05, 0.1) is 0 Å². The van der Waals surface area contributed by atoms with Crippen LogP contribution in [0.3, 0.4) is 0 Å².